The van der Waals surface area contributed by atoms with Crippen molar-refractivity contribution < 1.29 is 9.53 Å². The van der Waals surface area contributed by atoms with E-state index >= 15 is 0 Å². The molecule has 10 nitrogen and oxygen atoms in total. The average Bonchev–Trinajstić information content (AvgIpc) is 3.55. The molecule has 40 heavy (non-hydrogen) atoms. The SMILES string of the molecule is Cc1cc(NC(=O)C2c3ccccc3Oc3ccccc32)n(-c2nc3c(cnn3-c3ccc(Cl)cc3)c(=O)[nH]2)n1. The number of para-hydroxylation sites is 2. The van der Waals surface area contributed by atoms with Crippen LogP contribution in [0.25, 0.3) is 22.7 Å². The number of carbonyl (C=O) groups is 1. The van der Waals surface area contributed by atoms with Crippen LogP contribution in [0.15, 0.2) is 89.9 Å². The van der Waals surface area contributed by atoms with E-state index in [0.29, 0.717) is 44.8 Å². The van der Waals surface area contributed by atoms with Crippen LogP contribution in [-0.4, -0.2) is 35.4 Å². The molecule has 0 unspecified atom stereocenters. The number of hydrogen-bond acceptors (Lipinski definition) is 6. The van der Waals surface area contributed by atoms with Crippen LogP contribution in [0, 0.1) is 6.92 Å². The van der Waals surface area contributed by atoms with Gasteiger partial charge in [-0.25, -0.2) is 4.68 Å². The van der Waals surface area contributed by atoms with Crippen molar-refractivity contribution in [2.45, 2.75) is 12.8 Å². The van der Waals surface area contributed by atoms with Crippen LogP contribution >= 0.6 is 11.6 Å². The molecular formula is C29H20ClN7O3. The first-order chi connectivity index (χ1) is 19.5. The number of aryl methyl sites for hydroxylation is 1. The monoisotopic (exact) mass is 549 g/mol. The second kappa shape index (κ2) is 9.21. The van der Waals surface area contributed by atoms with Crippen molar-refractivity contribution in [1.29, 1.82) is 0 Å². The summed E-state index contributed by atoms with van der Waals surface area (Å²) in [5.74, 6) is 0.828. The zero-order chi connectivity index (χ0) is 27.4. The van der Waals surface area contributed by atoms with Gasteiger partial charge in [0.15, 0.2) is 5.65 Å². The van der Waals surface area contributed by atoms with Crippen LogP contribution < -0.4 is 15.6 Å². The second-order valence-electron chi connectivity index (χ2n) is 9.34. The van der Waals surface area contributed by atoms with E-state index < -0.39 is 11.5 Å². The van der Waals surface area contributed by atoms with E-state index in [1.807, 2.05) is 48.5 Å². The fourth-order valence-electron chi connectivity index (χ4n) is 4.92. The van der Waals surface area contributed by atoms with Gasteiger partial charge >= 0.3 is 0 Å². The minimum atomic E-state index is -0.620. The van der Waals surface area contributed by atoms with Gasteiger partial charge in [-0.05, 0) is 43.3 Å². The number of nitrogens with zero attached hydrogens (tertiary/aromatic N) is 5. The summed E-state index contributed by atoms with van der Waals surface area (Å²) >= 11 is 6.04. The minimum Gasteiger partial charge on any atom is -0.457 e. The lowest BCUT2D eigenvalue weighted by Crippen LogP contribution is -2.26. The summed E-state index contributed by atoms with van der Waals surface area (Å²) in [4.78, 5) is 34.3. The first-order valence-corrected chi connectivity index (χ1v) is 12.8. The zero-order valence-corrected chi connectivity index (χ0v) is 21.8. The van der Waals surface area contributed by atoms with Crippen LogP contribution in [0.2, 0.25) is 5.02 Å². The zero-order valence-electron chi connectivity index (χ0n) is 21.0. The highest BCUT2D eigenvalue weighted by molar-refractivity contribution is 6.30. The topological polar surface area (TPSA) is 120 Å². The van der Waals surface area contributed by atoms with Gasteiger partial charge in [-0.2, -0.15) is 19.9 Å². The van der Waals surface area contributed by atoms with Crippen LogP contribution in [0.1, 0.15) is 22.7 Å². The van der Waals surface area contributed by atoms with Crippen molar-refractivity contribution >= 4 is 34.4 Å². The van der Waals surface area contributed by atoms with E-state index in [0.717, 1.165) is 11.1 Å². The lowest BCUT2D eigenvalue weighted by molar-refractivity contribution is -0.116. The lowest BCUT2D eigenvalue weighted by Gasteiger charge is -2.27. The molecule has 1 aliphatic heterocycles. The molecule has 0 bridgehead atoms. The number of aromatic nitrogens is 6. The Morgan fingerprint density at radius 3 is 2.35 bits per heavy atom. The second-order valence-corrected chi connectivity index (χ2v) is 9.78. The number of aromatic amines is 1. The third kappa shape index (κ3) is 3.93. The standard InChI is InChI=1S/C29H20ClN7O3/c1-16-14-24(32-28(39)25-19-6-2-4-8-22(19)40-23-9-5-3-7-20(23)25)37(35-16)29-33-26-21(27(38)34-29)15-31-36(26)18-12-10-17(30)11-13-18/h2-15,25H,1H3,(H,32,39)(H,33,34,38). The van der Waals surface area contributed by atoms with Crippen LogP contribution in [0.4, 0.5) is 5.82 Å². The van der Waals surface area contributed by atoms with Crippen LogP contribution in [0.3, 0.4) is 0 Å². The Morgan fingerprint density at radius 2 is 1.65 bits per heavy atom. The lowest BCUT2D eigenvalue weighted by atomic mass is 9.87. The Bertz CT molecular complexity index is 1950. The molecule has 2 N–H and O–H groups in total. The fourth-order valence-corrected chi connectivity index (χ4v) is 5.05. The van der Waals surface area contributed by atoms with Crippen molar-refractivity contribution in [3.63, 3.8) is 0 Å². The minimum absolute atomic E-state index is 0.129. The molecular weight excluding hydrogens is 530 g/mol. The molecule has 3 aromatic heterocycles. The molecule has 196 valence electrons. The molecule has 0 fully saturated rings. The summed E-state index contributed by atoms with van der Waals surface area (Å²) in [7, 11) is 0. The molecule has 0 saturated heterocycles. The van der Waals surface area contributed by atoms with Crippen LogP contribution in [-0.2, 0) is 4.79 Å². The van der Waals surface area contributed by atoms with Gasteiger partial charge < -0.3 is 10.1 Å². The molecule has 0 spiro atoms. The molecule has 0 atom stereocenters. The van der Waals surface area contributed by atoms with Gasteiger partial charge in [-0.3, -0.25) is 14.6 Å². The van der Waals surface area contributed by atoms with Gasteiger partial charge in [0.25, 0.3) is 5.56 Å². The van der Waals surface area contributed by atoms with E-state index in [2.05, 4.69) is 25.5 Å². The third-order valence-electron chi connectivity index (χ3n) is 6.72. The number of H-pyrrole nitrogens is 1. The first kappa shape index (κ1) is 23.9. The highest BCUT2D eigenvalue weighted by Crippen LogP contribution is 2.44. The first-order valence-electron chi connectivity index (χ1n) is 12.4. The van der Waals surface area contributed by atoms with Gasteiger partial charge in [0, 0.05) is 22.2 Å². The van der Waals surface area contributed by atoms with E-state index in [9.17, 15) is 9.59 Å². The Balaban J connectivity index is 1.30. The number of rotatable bonds is 4. The Kier molecular flexibility index (Phi) is 5.49. The predicted molar refractivity (Wildman–Crippen MR) is 150 cm³/mol. The Hall–Kier alpha value is -5.22. The summed E-state index contributed by atoms with van der Waals surface area (Å²) in [5, 5.41) is 12.8. The largest absolute Gasteiger partial charge is 0.457 e. The number of hydrogen-bond donors (Lipinski definition) is 2. The molecule has 1 amide bonds. The van der Waals surface area contributed by atoms with E-state index in [4.69, 9.17) is 16.3 Å². The molecule has 0 aliphatic carbocycles. The van der Waals surface area contributed by atoms with Crippen molar-refractivity contribution in [2.75, 3.05) is 5.32 Å². The average molecular weight is 550 g/mol. The van der Waals surface area contributed by atoms with Gasteiger partial charge in [0.05, 0.1) is 23.5 Å². The highest BCUT2D eigenvalue weighted by atomic mass is 35.5. The summed E-state index contributed by atoms with van der Waals surface area (Å²) in [5.41, 5.74) is 2.75. The molecule has 3 aromatic carbocycles. The van der Waals surface area contributed by atoms with Gasteiger partial charge in [-0.1, -0.05) is 48.0 Å². The highest BCUT2D eigenvalue weighted by Gasteiger charge is 2.33. The number of anilines is 1. The van der Waals surface area contributed by atoms with Crippen molar-refractivity contribution in [2.24, 2.45) is 0 Å². The molecule has 11 heteroatoms. The molecule has 7 rings (SSSR count). The van der Waals surface area contributed by atoms with E-state index in [1.165, 1.54) is 10.9 Å². The number of amides is 1. The van der Waals surface area contributed by atoms with Gasteiger partial charge in [0.1, 0.15) is 22.7 Å². The third-order valence-corrected chi connectivity index (χ3v) is 6.97. The summed E-state index contributed by atoms with van der Waals surface area (Å²) < 4.78 is 9.00. The predicted octanol–water partition coefficient (Wildman–Crippen LogP) is 5.13. The van der Waals surface area contributed by atoms with Crippen molar-refractivity contribution in [3.8, 4) is 23.1 Å². The Morgan fingerprint density at radius 1 is 0.975 bits per heavy atom. The number of ether oxygens (including phenoxy) is 1. The number of benzene rings is 3. The molecule has 1 aliphatic rings. The van der Waals surface area contributed by atoms with Crippen molar-refractivity contribution in [3.05, 3.63) is 117 Å². The van der Waals surface area contributed by atoms with Crippen molar-refractivity contribution in [1.82, 2.24) is 29.5 Å². The van der Waals surface area contributed by atoms with E-state index in [-0.39, 0.29) is 11.9 Å². The number of halogens is 1. The van der Waals surface area contributed by atoms with Gasteiger partial charge in [0.2, 0.25) is 11.9 Å². The van der Waals surface area contributed by atoms with Gasteiger partial charge in [-0.15, -0.1) is 0 Å². The van der Waals surface area contributed by atoms with Crippen LogP contribution in [0.5, 0.6) is 11.5 Å². The Labute approximate surface area is 231 Å². The summed E-state index contributed by atoms with van der Waals surface area (Å²) in [6.45, 7) is 1.79. The van der Waals surface area contributed by atoms with E-state index in [1.54, 1.807) is 41.9 Å². The molecule has 4 heterocycles. The fraction of sp³-hybridized carbons (Fsp3) is 0.0690. The quantitative estimate of drug-likeness (QED) is 0.314. The molecule has 6 aromatic rings. The maximum absolute atomic E-state index is 13.9. The summed E-state index contributed by atoms with van der Waals surface area (Å²) in [6.07, 6.45) is 1.45. The molecule has 0 saturated carbocycles. The number of nitrogens with one attached hydrogen (secondary N) is 2. The number of carbonyl (C=O) groups excluding carboxylic acids is 1. The number of fused-ring (bicyclic) bond motifs is 3. The maximum Gasteiger partial charge on any atom is 0.263 e. The molecule has 0 radical (unpaired) electrons. The smallest absolute Gasteiger partial charge is 0.263 e. The normalized spacial score (nSPS) is 12.6. The maximum atomic E-state index is 13.9. The summed E-state index contributed by atoms with van der Waals surface area (Å²) in [6, 6.07) is 23.7.